The lowest BCUT2D eigenvalue weighted by atomic mass is 10.1. The molecular weight excluding hydrogens is 513 g/mol. The van der Waals surface area contributed by atoms with Crippen LogP contribution in [-0.4, -0.2) is 59.1 Å². The Hall–Kier alpha value is -4.35. The minimum Gasteiger partial charge on any atom is -0.497 e. The van der Waals surface area contributed by atoms with E-state index in [0.29, 0.717) is 33.9 Å². The summed E-state index contributed by atoms with van der Waals surface area (Å²) in [5.74, 6) is -0.874. The predicted molar refractivity (Wildman–Crippen MR) is 141 cm³/mol. The molecule has 0 radical (unpaired) electrons. The topological polar surface area (TPSA) is 94.4 Å². The van der Waals surface area contributed by atoms with Crippen LogP contribution in [-0.2, 0) is 4.79 Å². The second-order valence-corrected chi connectivity index (χ2v) is 9.06. The maximum atomic E-state index is 12.6. The van der Waals surface area contributed by atoms with E-state index in [1.807, 2.05) is 53.1 Å². The van der Waals surface area contributed by atoms with Gasteiger partial charge in [0, 0.05) is 60.5 Å². The standard InChI is InChI=1S/C27H29F3N6O3/c1-17(2)36-16-18(14-33-36)25-15-32-23-7-6-19(12-24(23)34-25)35(9-5-8-31-26(37)27(28,29)30)20-10-21(38-3)13-22(11-20)39-4/h6-7,10-17H,5,8-9H2,1-4H3,(H,31,37). The third-order valence-corrected chi connectivity index (χ3v) is 6.01. The van der Waals surface area contributed by atoms with Gasteiger partial charge < -0.3 is 19.7 Å². The number of hydrogen-bond donors (Lipinski definition) is 1. The summed E-state index contributed by atoms with van der Waals surface area (Å²) in [6.45, 7) is 4.19. The summed E-state index contributed by atoms with van der Waals surface area (Å²) < 4.78 is 50.5. The van der Waals surface area contributed by atoms with Crippen LogP contribution in [0.3, 0.4) is 0 Å². The van der Waals surface area contributed by atoms with Gasteiger partial charge in [-0.1, -0.05) is 0 Å². The summed E-state index contributed by atoms with van der Waals surface area (Å²) >= 11 is 0. The van der Waals surface area contributed by atoms with Gasteiger partial charge in [-0.05, 0) is 38.5 Å². The number of amides is 1. The van der Waals surface area contributed by atoms with Crippen LogP contribution >= 0.6 is 0 Å². The minimum absolute atomic E-state index is 0.159. The van der Waals surface area contributed by atoms with Crippen molar-refractivity contribution in [3.8, 4) is 22.8 Å². The third kappa shape index (κ3) is 6.57. The van der Waals surface area contributed by atoms with Crippen molar-refractivity contribution in [2.75, 3.05) is 32.2 Å². The molecule has 2 heterocycles. The molecule has 9 nitrogen and oxygen atoms in total. The molecule has 0 bridgehead atoms. The molecule has 0 saturated carbocycles. The molecule has 4 rings (SSSR count). The van der Waals surface area contributed by atoms with Crippen molar-refractivity contribution < 1.29 is 27.4 Å². The number of anilines is 2. The van der Waals surface area contributed by atoms with Crippen molar-refractivity contribution >= 4 is 28.3 Å². The predicted octanol–water partition coefficient (Wildman–Crippen LogP) is 5.30. The minimum atomic E-state index is -4.93. The van der Waals surface area contributed by atoms with E-state index in [0.717, 1.165) is 11.3 Å². The number of halogens is 3. The highest BCUT2D eigenvalue weighted by molar-refractivity contribution is 5.83. The number of carbonyl (C=O) groups is 1. The van der Waals surface area contributed by atoms with Crippen molar-refractivity contribution in [3.05, 3.63) is 55.0 Å². The van der Waals surface area contributed by atoms with Gasteiger partial charge in [-0.3, -0.25) is 14.5 Å². The Morgan fingerprint density at radius 3 is 2.36 bits per heavy atom. The molecule has 12 heteroatoms. The van der Waals surface area contributed by atoms with Crippen molar-refractivity contribution in [2.45, 2.75) is 32.5 Å². The first kappa shape index (κ1) is 27.7. The average Bonchev–Trinajstić information content (AvgIpc) is 3.42. The molecule has 206 valence electrons. The molecule has 0 unspecified atom stereocenters. The molecule has 0 spiro atoms. The average molecular weight is 543 g/mol. The molecule has 0 saturated heterocycles. The Morgan fingerprint density at radius 1 is 1.03 bits per heavy atom. The van der Waals surface area contributed by atoms with Gasteiger partial charge in [0.25, 0.3) is 0 Å². The number of methoxy groups -OCH3 is 2. The highest BCUT2D eigenvalue weighted by atomic mass is 19.4. The Kier molecular flexibility index (Phi) is 8.22. The van der Waals surface area contributed by atoms with Gasteiger partial charge in [0.05, 0.1) is 43.3 Å². The molecule has 0 atom stereocenters. The van der Waals surface area contributed by atoms with Crippen LogP contribution in [0.25, 0.3) is 22.3 Å². The molecule has 1 amide bonds. The van der Waals surface area contributed by atoms with Crippen molar-refractivity contribution in [1.29, 1.82) is 0 Å². The van der Waals surface area contributed by atoms with Crippen molar-refractivity contribution in [1.82, 2.24) is 25.1 Å². The zero-order valence-electron chi connectivity index (χ0n) is 22.0. The van der Waals surface area contributed by atoms with E-state index >= 15 is 0 Å². The normalized spacial score (nSPS) is 11.6. The Labute approximate surface area is 223 Å². The summed E-state index contributed by atoms with van der Waals surface area (Å²) in [6.07, 6.45) is 0.648. The Bertz CT molecular complexity index is 1430. The number of nitrogens with zero attached hydrogens (tertiary/aromatic N) is 5. The van der Waals surface area contributed by atoms with E-state index in [9.17, 15) is 18.0 Å². The number of fused-ring (bicyclic) bond motifs is 1. The molecular formula is C27H29F3N6O3. The molecule has 4 aromatic rings. The number of alkyl halides is 3. The maximum absolute atomic E-state index is 12.6. The zero-order valence-corrected chi connectivity index (χ0v) is 22.0. The molecule has 39 heavy (non-hydrogen) atoms. The van der Waals surface area contributed by atoms with Gasteiger partial charge in [0.2, 0.25) is 0 Å². The summed E-state index contributed by atoms with van der Waals surface area (Å²) in [6, 6.07) is 11.1. The molecule has 0 aliphatic carbocycles. The van der Waals surface area contributed by atoms with E-state index in [4.69, 9.17) is 14.5 Å². The largest absolute Gasteiger partial charge is 0.497 e. The Balaban J connectivity index is 1.68. The number of ether oxygens (including phenoxy) is 2. The van der Waals surface area contributed by atoms with Gasteiger partial charge in [-0.2, -0.15) is 18.3 Å². The van der Waals surface area contributed by atoms with Crippen LogP contribution in [0.4, 0.5) is 24.5 Å². The summed E-state index contributed by atoms with van der Waals surface area (Å²) in [4.78, 5) is 22.5. The van der Waals surface area contributed by atoms with Gasteiger partial charge in [-0.15, -0.1) is 0 Å². The second-order valence-electron chi connectivity index (χ2n) is 9.06. The molecule has 0 fully saturated rings. The number of rotatable bonds is 10. The second kappa shape index (κ2) is 11.6. The van der Waals surface area contributed by atoms with Crippen LogP contribution in [0, 0.1) is 0 Å². The lowest BCUT2D eigenvalue weighted by Crippen LogP contribution is -2.38. The van der Waals surface area contributed by atoms with E-state index < -0.39 is 12.1 Å². The van der Waals surface area contributed by atoms with E-state index in [2.05, 4.69) is 10.1 Å². The fraction of sp³-hybridized carbons (Fsp3) is 0.333. The zero-order chi connectivity index (χ0) is 28.2. The van der Waals surface area contributed by atoms with Crippen LogP contribution < -0.4 is 19.7 Å². The third-order valence-electron chi connectivity index (χ3n) is 6.01. The monoisotopic (exact) mass is 542 g/mol. The van der Waals surface area contributed by atoms with Gasteiger partial charge in [0.15, 0.2) is 0 Å². The first-order chi connectivity index (χ1) is 18.6. The molecule has 0 aliphatic rings. The number of aromatic nitrogens is 4. The van der Waals surface area contributed by atoms with Crippen molar-refractivity contribution in [3.63, 3.8) is 0 Å². The smallest absolute Gasteiger partial charge is 0.471 e. The fourth-order valence-corrected chi connectivity index (χ4v) is 3.95. The van der Waals surface area contributed by atoms with Gasteiger partial charge in [0.1, 0.15) is 11.5 Å². The SMILES string of the molecule is COc1cc(OC)cc(N(CCCNC(=O)C(F)(F)F)c2ccc3ncc(-c4cnn(C(C)C)c4)nc3c2)c1. The lowest BCUT2D eigenvalue weighted by molar-refractivity contribution is -0.173. The van der Waals surface area contributed by atoms with E-state index in [1.54, 1.807) is 30.6 Å². The van der Waals surface area contributed by atoms with Crippen LogP contribution in [0.1, 0.15) is 26.3 Å². The van der Waals surface area contributed by atoms with E-state index in [-0.39, 0.29) is 25.6 Å². The highest BCUT2D eigenvalue weighted by Gasteiger charge is 2.38. The number of hydrogen-bond acceptors (Lipinski definition) is 7. The highest BCUT2D eigenvalue weighted by Crippen LogP contribution is 2.34. The van der Waals surface area contributed by atoms with Crippen molar-refractivity contribution in [2.24, 2.45) is 0 Å². The number of benzene rings is 2. The molecule has 1 N–H and O–H groups in total. The fourth-order valence-electron chi connectivity index (χ4n) is 3.95. The Morgan fingerprint density at radius 2 is 1.74 bits per heavy atom. The van der Waals surface area contributed by atoms with Crippen LogP contribution in [0.5, 0.6) is 11.5 Å². The molecule has 2 aromatic heterocycles. The first-order valence-electron chi connectivity index (χ1n) is 12.3. The molecule has 2 aromatic carbocycles. The van der Waals surface area contributed by atoms with Gasteiger partial charge in [-0.25, -0.2) is 4.98 Å². The summed E-state index contributed by atoms with van der Waals surface area (Å²) in [7, 11) is 3.06. The summed E-state index contributed by atoms with van der Waals surface area (Å²) in [5, 5.41) is 6.30. The number of carbonyl (C=O) groups excluding carboxylic acids is 1. The lowest BCUT2D eigenvalue weighted by Gasteiger charge is -2.26. The van der Waals surface area contributed by atoms with Gasteiger partial charge >= 0.3 is 12.1 Å². The van der Waals surface area contributed by atoms with Crippen LogP contribution in [0.15, 0.2) is 55.0 Å². The summed E-state index contributed by atoms with van der Waals surface area (Å²) in [5.41, 5.74) is 4.22. The first-order valence-corrected chi connectivity index (χ1v) is 12.3. The van der Waals surface area contributed by atoms with Crippen LogP contribution in [0.2, 0.25) is 0 Å². The van der Waals surface area contributed by atoms with E-state index in [1.165, 1.54) is 14.2 Å². The quantitative estimate of drug-likeness (QED) is 0.272. The maximum Gasteiger partial charge on any atom is 0.471 e. The number of nitrogens with one attached hydrogen (secondary N) is 1. The molecule has 0 aliphatic heterocycles.